The van der Waals surface area contributed by atoms with Gasteiger partial charge < -0.3 is 5.11 Å². The van der Waals surface area contributed by atoms with Crippen LogP contribution in [0, 0.1) is 5.92 Å². The summed E-state index contributed by atoms with van der Waals surface area (Å²) < 4.78 is 35.3. The highest BCUT2D eigenvalue weighted by Gasteiger charge is 2.41. The molecule has 0 aliphatic carbocycles. The van der Waals surface area contributed by atoms with Crippen molar-refractivity contribution in [3.63, 3.8) is 0 Å². The second kappa shape index (κ2) is 3.95. The van der Waals surface area contributed by atoms with E-state index in [4.69, 9.17) is 5.11 Å². The summed E-state index contributed by atoms with van der Waals surface area (Å²) in [5.41, 5.74) is 0. The molecule has 0 amide bonds. The van der Waals surface area contributed by atoms with Crippen LogP contribution in [0.4, 0.5) is 13.2 Å². The number of hydrogen-bond acceptors (Lipinski definition) is 1. The Kier molecular flexibility index (Phi) is 3.86. The van der Waals surface area contributed by atoms with Crippen molar-refractivity contribution in [1.82, 2.24) is 0 Å². The molecule has 0 bridgehead atoms. The Bertz CT molecular complexity index is 111. The maximum absolute atomic E-state index is 11.8. The summed E-state index contributed by atoms with van der Waals surface area (Å²) in [5.74, 6) is -0.694. The van der Waals surface area contributed by atoms with Crippen molar-refractivity contribution in [2.45, 2.75) is 39.0 Å². The van der Waals surface area contributed by atoms with Crippen LogP contribution >= 0.6 is 0 Å². The minimum absolute atomic E-state index is 0.403. The highest BCUT2D eigenvalue weighted by atomic mass is 19.4. The van der Waals surface area contributed by atoms with Crippen LogP contribution in [0.5, 0.6) is 0 Å². The topological polar surface area (TPSA) is 20.2 Å². The number of hydrogen-bond donors (Lipinski definition) is 1. The van der Waals surface area contributed by atoms with Crippen molar-refractivity contribution >= 4 is 0 Å². The Labute approximate surface area is 64.2 Å². The molecule has 0 aromatic heterocycles. The van der Waals surface area contributed by atoms with Crippen LogP contribution in [-0.4, -0.2) is 17.4 Å². The molecule has 1 nitrogen and oxygen atoms in total. The van der Waals surface area contributed by atoms with Crippen LogP contribution in [-0.2, 0) is 0 Å². The first-order chi connectivity index (χ1) is 4.89. The third-order valence-electron chi connectivity index (χ3n) is 1.62. The fourth-order valence-corrected chi connectivity index (χ4v) is 0.936. The monoisotopic (exact) mass is 170 g/mol. The van der Waals surface area contributed by atoms with Gasteiger partial charge in [-0.2, -0.15) is 13.2 Å². The molecule has 0 fully saturated rings. The van der Waals surface area contributed by atoms with Gasteiger partial charge >= 0.3 is 6.18 Å². The Morgan fingerprint density at radius 1 is 1.36 bits per heavy atom. The molecule has 0 aromatic carbocycles. The van der Waals surface area contributed by atoms with Gasteiger partial charge in [0.25, 0.3) is 0 Å². The summed E-state index contributed by atoms with van der Waals surface area (Å²) in [4.78, 5) is 0. The van der Waals surface area contributed by atoms with Crippen LogP contribution in [0.1, 0.15) is 26.7 Å². The molecule has 1 N–H and O–H groups in total. The zero-order valence-corrected chi connectivity index (χ0v) is 6.65. The van der Waals surface area contributed by atoms with Crippen LogP contribution in [0.25, 0.3) is 0 Å². The van der Waals surface area contributed by atoms with E-state index in [1.807, 2.05) is 0 Å². The third-order valence-corrected chi connectivity index (χ3v) is 1.62. The zero-order valence-electron chi connectivity index (χ0n) is 6.65. The molecule has 0 rings (SSSR count). The Morgan fingerprint density at radius 3 is 2.09 bits per heavy atom. The van der Waals surface area contributed by atoms with Gasteiger partial charge in [-0.05, 0) is 12.3 Å². The van der Waals surface area contributed by atoms with Crippen LogP contribution in [0.2, 0.25) is 0 Å². The van der Waals surface area contributed by atoms with Gasteiger partial charge in [-0.25, -0.2) is 0 Å². The number of alkyl halides is 3. The molecule has 2 unspecified atom stereocenters. The Hall–Kier alpha value is -0.250. The average Bonchev–Trinajstić information content (AvgIpc) is 1.85. The minimum Gasteiger partial charge on any atom is -0.383 e. The summed E-state index contributed by atoms with van der Waals surface area (Å²) in [6.45, 7) is 3.20. The zero-order chi connectivity index (χ0) is 9.07. The van der Waals surface area contributed by atoms with Crippen molar-refractivity contribution < 1.29 is 18.3 Å². The van der Waals surface area contributed by atoms with Crippen molar-refractivity contribution in [2.24, 2.45) is 5.92 Å². The predicted molar refractivity (Wildman–Crippen MR) is 36.1 cm³/mol. The first kappa shape index (κ1) is 10.8. The van der Waals surface area contributed by atoms with Gasteiger partial charge in [0.05, 0.1) is 0 Å². The molecule has 0 saturated heterocycles. The van der Waals surface area contributed by atoms with E-state index in [0.29, 0.717) is 12.8 Å². The number of halogens is 3. The van der Waals surface area contributed by atoms with Gasteiger partial charge in [0.2, 0.25) is 0 Å². The normalized spacial score (nSPS) is 18.0. The summed E-state index contributed by atoms with van der Waals surface area (Å²) in [6.07, 6.45) is -5.56. The molecule has 2 atom stereocenters. The van der Waals surface area contributed by atoms with Crippen LogP contribution in [0.3, 0.4) is 0 Å². The summed E-state index contributed by atoms with van der Waals surface area (Å²) in [7, 11) is 0. The van der Waals surface area contributed by atoms with Gasteiger partial charge in [0.1, 0.15) is 0 Å². The van der Waals surface area contributed by atoms with Gasteiger partial charge in [0, 0.05) is 0 Å². The molecule has 68 valence electrons. The predicted octanol–water partition coefficient (Wildman–Crippen LogP) is 2.35. The molecule has 11 heavy (non-hydrogen) atoms. The molecular formula is C7H13F3O. The molecule has 0 aromatic rings. The first-order valence-corrected chi connectivity index (χ1v) is 3.64. The van der Waals surface area contributed by atoms with Gasteiger partial charge in [-0.15, -0.1) is 0 Å². The van der Waals surface area contributed by atoms with E-state index in [1.165, 1.54) is 6.92 Å². The second-order valence-electron chi connectivity index (χ2n) is 2.75. The Morgan fingerprint density at radius 2 is 1.82 bits per heavy atom. The van der Waals surface area contributed by atoms with Crippen molar-refractivity contribution in [3.8, 4) is 0 Å². The molecule has 0 aliphatic rings. The molecular weight excluding hydrogens is 157 g/mol. The minimum atomic E-state index is -4.46. The summed E-state index contributed by atoms with van der Waals surface area (Å²) in [5, 5.41) is 8.66. The standard InChI is InChI=1S/C7H13F3O/c1-3-4-5(2)6(11)7(8,9)10/h5-6,11H,3-4H2,1-2H3. The van der Waals surface area contributed by atoms with Crippen LogP contribution in [0.15, 0.2) is 0 Å². The van der Waals surface area contributed by atoms with E-state index in [-0.39, 0.29) is 0 Å². The first-order valence-electron chi connectivity index (χ1n) is 3.64. The summed E-state index contributed by atoms with van der Waals surface area (Å²) in [6, 6.07) is 0. The third kappa shape index (κ3) is 3.60. The van der Waals surface area contributed by atoms with Gasteiger partial charge in [-0.1, -0.05) is 20.3 Å². The largest absolute Gasteiger partial charge is 0.414 e. The molecule has 0 heterocycles. The molecule has 0 aliphatic heterocycles. The lowest BCUT2D eigenvalue weighted by Crippen LogP contribution is -2.34. The van der Waals surface area contributed by atoms with Crippen LogP contribution < -0.4 is 0 Å². The Balaban J connectivity index is 3.91. The van der Waals surface area contributed by atoms with Crippen molar-refractivity contribution in [3.05, 3.63) is 0 Å². The lowest BCUT2D eigenvalue weighted by Gasteiger charge is -2.20. The van der Waals surface area contributed by atoms with E-state index in [0.717, 1.165) is 0 Å². The highest BCUT2D eigenvalue weighted by molar-refractivity contribution is 4.71. The number of aliphatic hydroxyl groups excluding tert-OH is 1. The molecule has 4 heteroatoms. The molecule has 0 saturated carbocycles. The lowest BCUT2D eigenvalue weighted by atomic mass is 9.99. The van der Waals surface area contributed by atoms with E-state index in [1.54, 1.807) is 6.92 Å². The van der Waals surface area contributed by atoms with Gasteiger partial charge in [0.15, 0.2) is 6.10 Å². The fourth-order valence-electron chi connectivity index (χ4n) is 0.936. The van der Waals surface area contributed by atoms with Gasteiger partial charge in [-0.3, -0.25) is 0 Å². The van der Waals surface area contributed by atoms with Crippen molar-refractivity contribution in [2.75, 3.05) is 0 Å². The SMILES string of the molecule is CCCC(C)C(O)C(F)(F)F. The van der Waals surface area contributed by atoms with E-state index in [9.17, 15) is 13.2 Å². The fraction of sp³-hybridized carbons (Fsp3) is 1.00. The van der Waals surface area contributed by atoms with Crippen molar-refractivity contribution in [1.29, 1.82) is 0 Å². The van der Waals surface area contributed by atoms with E-state index in [2.05, 4.69) is 0 Å². The number of aliphatic hydroxyl groups is 1. The lowest BCUT2D eigenvalue weighted by molar-refractivity contribution is -0.218. The maximum atomic E-state index is 11.8. The number of rotatable bonds is 3. The quantitative estimate of drug-likeness (QED) is 0.689. The summed E-state index contributed by atoms with van der Waals surface area (Å²) >= 11 is 0. The second-order valence-corrected chi connectivity index (χ2v) is 2.75. The molecule has 0 radical (unpaired) electrons. The maximum Gasteiger partial charge on any atom is 0.414 e. The van der Waals surface area contributed by atoms with E-state index >= 15 is 0 Å². The molecule has 0 spiro atoms. The highest BCUT2D eigenvalue weighted by Crippen LogP contribution is 2.27. The average molecular weight is 170 g/mol. The smallest absolute Gasteiger partial charge is 0.383 e. The van der Waals surface area contributed by atoms with E-state index < -0.39 is 18.2 Å².